The largest absolute Gasteiger partial charge is 0.497 e. The van der Waals surface area contributed by atoms with Gasteiger partial charge in [0.2, 0.25) is 0 Å². The van der Waals surface area contributed by atoms with Gasteiger partial charge < -0.3 is 19.5 Å². The molecule has 2 aromatic rings. The van der Waals surface area contributed by atoms with E-state index in [4.69, 9.17) is 14.2 Å². The lowest BCUT2D eigenvalue weighted by molar-refractivity contribution is 0.210. The predicted octanol–water partition coefficient (Wildman–Crippen LogP) is 3.97. The summed E-state index contributed by atoms with van der Waals surface area (Å²) in [7, 11) is 3.31. The molecule has 118 valence electrons. The van der Waals surface area contributed by atoms with E-state index in [1.165, 1.54) is 0 Å². The standard InChI is InChI=1S/C18H23NO3/c1-4-14(22-15-8-6-5-7-9-15)13-19-17-12-16(20-2)10-11-18(17)21-3/h5-12,14,19H,4,13H2,1-3H3. The van der Waals surface area contributed by atoms with Crippen molar-refractivity contribution in [1.29, 1.82) is 0 Å². The second-order valence-corrected chi connectivity index (χ2v) is 4.91. The Morgan fingerprint density at radius 1 is 0.955 bits per heavy atom. The van der Waals surface area contributed by atoms with Crippen LogP contribution in [-0.2, 0) is 0 Å². The average molecular weight is 301 g/mol. The van der Waals surface area contributed by atoms with Crippen LogP contribution in [0.5, 0.6) is 17.2 Å². The zero-order valence-corrected chi connectivity index (χ0v) is 13.3. The number of ether oxygens (including phenoxy) is 3. The van der Waals surface area contributed by atoms with Crippen LogP contribution in [0.3, 0.4) is 0 Å². The third kappa shape index (κ3) is 4.32. The molecule has 1 N–H and O–H groups in total. The quantitative estimate of drug-likeness (QED) is 0.801. The maximum Gasteiger partial charge on any atom is 0.142 e. The van der Waals surface area contributed by atoms with Crippen molar-refractivity contribution in [1.82, 2.24) is 0 Å². The number of hydrogen-bond donors (Lipinski definition) is 1. The van der Waals surface area contributed by atoms with E-state index in [1.807, 2.05) is 48.5 Å². The van der Waals surface area contributed by atoms with Crippen molar-refractivity contribution >= 4 is 5.69 Å². The molecule has 0 fully saturated rings. The second-order valence-electron chi connectivity index (χ2n) is 4.91. The monoisotopic (exact) mass is 301 g/mol. The van der Waals surface area contributed by atoms with Crippen LogP contribution in [0.1, 0.15) is 13.3 Å². The van der Waals surface area contributed by atoms with E-state index >= 15 is 0 Å². The maximum absolute atomic E-state index is 5.98. The van der Waals surface area contributed by atoms with Crippen molar-refractivity contribution in [2.45, 2.75) is 19.4 Å². The summed E-state index contributed by atoms with van der Waals surface area (Å²) in [6.07, 6.45) is 0.993. The Morgan fingerprint density at radius 3 is 2.36 bits per heavy atom. The Labute approximate surface area is 132 Å². The number of rotatable bonds is 8. The third-order valence-corrected chi connectivity index (χ3v) is 3.43. The van der Waals surface area contributed by atoms with Crippen LogP contribution in [0.2, 0.25) is 0 Å². The van der Waals surface area contributed by atoms with Crippen LogP contribution in [0.4, 0.5) is 5.69 Å². The molecule has 2 rings (SSSR count). The highest BCUT2D eigenvalue weighted by molar-refractivity contribution is 5.59. The fourth-order valence-corrected chi connectivity index (χ4v) is 2.14. The van der Waals surface area contributed by atoms with Gasteiger partial charge >= 0.3 is 0 Å². The molecule has 0 aliphatic carbocycles. The summed E-state index contributed by atoms with van der Waals surface area (Å²) in [5.41, 5.74) is 0.900. The van der Waals surface area contributed by atoms with Gasteiger partial charge in [0.1, 0.15) is 23.4 Å². The van der Waals surface area contributed by atoms with Gasteiger partial charge in [-0.2, -0.15) is 0 Å². The lowest BCUT2D eigenvalue weighted by Gasteiger charge is -2.20. The highest BCUT2D eigenvalue weighted by Gasteiger charge is 2.10. The smallest absolute Gasteiger partial charge is 0.142 e. The summed E-state index contributed by atoms with van der Waals surface area (Å²) in [6.45, 7) is 2.80. The van der Waals surface area contributed by atoms with Crippen molar-refractivity contribution in [3.05, 3.63) is 48.5 Å². The molecule has 0 aliphatic heterocycles. The van der Waals surface area contributed by atoms with Crippen molar-refractivity contribution in [3.63, 3.8) is 0 Å². The highest BCUT2D eigenvalue weighted by Crippen LogP contribution is 2.29. The van der Waals surface area contributed by atoms with Crippen LogP contribution in [-0.4, -0.2) is 26.9 Å². The minimum atomic E-state index is 0.0818. The Morgan fingerprint density at radius 2 is 1.73 bits per heavy atom. The first-order valence-electron chi connectivity index (χ1n) is 7.44. The van der Waals surface area contributed by atoms with Crippen molar-refractivity contribution in [3.8, 4) is 17.2 Å². The molecule has 2 aromatic carbocycles. The van der Waals surface area contributed by atoms with E-state index in [2.05, 4.69) is 12.2 Å². The van der Waals surface area contributed by atoms with E-state index in [1.54, 1.807) is 14.2 Å². The van der Waals surface area contributed by atoms with E-state index in [0.717, 1.165) is 29.4 Å². The molecule has 0 saturated heterocycles. The first-order valence-corrected chi connectivity index (χ1v) is 7.44. The van der Waals surface area contributed by atoms with Gasteiger partial charge in [-0.3, -0.25) is 0 Å². The van der Waals surface area contributed by atoms with Gasteiger partial charge in [0.15, 0.2) is 0 Å². The van der Waals surface area contributed by atoms with Crippen LogP contribution in [0.25, 0.3) is 0 Å². The number of benzene rings is 2. The molecular formula is C18H23NO3. The van der Waals surface area contributed by atoms with Gasteiger partial charge in [-0.1, -0.05) is 25.1 Å². The van der Waals surface area contributed by atoms with Crippen molar-refractivity contribution in [2.75, 3.05) is 26.1 Å². The molecule has 0 heterocycles. The summed E-state index contributed by atoms with van der Waals surface area (Å²) in [6, 6.07) is 15.5. The summed E-state index contributed by atoms with van der Waals surface area (Å²) >= 11 is 0. The van der Waals surface area contributed by atoms with Gasteiger partial charge in [0.05, 0.1) is 26.5 Å². The summed E-state index contributed by atoms with van der Waals surface area (Å²) < 4.78 is 16.6. The molecule has 0 aromatic heterocycles. The van der Waals surface area contributed by atoms with Gasteiger partial charge in [-0.15, -0.1) is 0 Å². The minimum absolute atomic E-state index is 0.0818. The Balaban J connectivity index is 2.01. The summed E-state index contributed by atoms with van der Waals surface area (Å²) in [5.74, 6) is 2.46. The van der Waals surface area contributed by atoms with Crippen molar-refractivity contribution in [2.24, 2.45) is 0 Å². The third-order valence-electron chi connectivity index (χ3n) is 3.43. The Hall–Kier alpha value is -2.36. The summed E-state index contributed by atoms with van der Waals surface area (Å²) in [4.78, 5) is 0. The SMILES string of the molecule is CCC(CNc1cc(OC)ccc1OC)Oc1ccccc1. The van der Waals surface area contributed by atoms with E-state index in [-0.39, 0.29) is 6.10 Å². The predicted molar refractivity (Wildman–Crippen MR) is 89.2 cm³/mol. The number of methoxy groups -OCH3 is 2. The second kappa shape index (κ2) is 8.17. The molecule has 0 saturated carbocycles. The number of para-hydroxylation sites is 1. The van der Waals surface area contributed by atoms with E-state index in [0.29, 0.717) is 6.54 Å². The molecular weight excluding hydrogens is 278 g/mol. The molecule has 22 heavy (non-hydrogen) atoms. The first-order chi connectivity index (χ1) is 10.8. The lowest BCUT2D eigenvalue weighted by Crippen LogP contribution is -2.25. The lowest BCUT2D eigenvalue weighted by atomic mass is 10.2. The van der Waals surface area contributed by atoms with Gasteiger partial charge in [-0.05, 0) is 30.7 Å². The molecule has 0 bridgehead atoms. The fourth-order valence-electron chi connectivity index (χ4n) is 2.14. The highest BCUT2D eigenvalue weighted by atomic mass is 16.5. The normalized spacial score (nSPS) is 11.6. The molecule has 0 radical (unpaired) electrons. The zero-order chi connectivity index (χ0) is 15.8. The molecule has 4 nitrogen and oxygen atoms in total. The number of hydrogen-bond acceptors (Lipinski definition) is 4. The van der Waals surface area contributed by atoms with Gasteiger partial charge in [0, 0.05) is 6.07 Å². The van der Waals surface area contributed by atoms with Crippen LogP contribution >= 0.6 is 0 Å². The van der Waals surface area contributed by atoms with Gasteiger partial charge in [-0.25, -0.2) is 0 Å². The van der Waals surface area contributed by atoms with Crippen molar-refractivity contribution < 1.29 is 14.2 Å². The van der Waals surface area contributed by atoms with E-state index in [9.17, 15) is 0 Å². The first kappa shape index (κ1) is 16.0. The topological polar surface area (TPSA) is 39.7 Å². The van der Waals surface area contributed by atoms with Gasteiger partial charge in [0.25, 0.3) is 0 Å². The zero-order valence-electron chi connectivity index (χ0n) is 13.3. The Kier molecular flexibility index (Phi) is 5.95. The van der Waals surface area contributed by atoms with Crippen LogP contribution in [0.15, 0.2) is 48.5 Å². The summed E-state index contributed by atoms with van der Waals surface area (Å²) in [5, 5.41) is 3.38. The maximum atomic E-state index is 5.98. The number of anilines is 1. The van der Waals surface area contributed by atoms with E-state index < -0.39 is 0 Å². The minimum Gasteiger partial charge on any atom is -0.497 e. The van der Waals surface area contributed by atoms with Crippen LogP contribution in [0, 0.1) is 0 Å². The molecule has 0 aliphatic rings. The average Bonchev–Trinajstić information content (AvgIpc) is 2.59. The Bertz CT molecular complexity index is 572. The molecule has 0 amide bonds. The molecule has 4 heteroatoms. The number of nitrogens with one attached hydrogen (secondary N) is 1. The molecule has 1 unspecified atom stereocenters. The molecule has 0 spiro atoms. The molecule has 1 atom stereocenters. The van der Waals surface area contributed by atoms with Crippen LogP contribution < -0.4 is 19.5 Å². The fraction of sp³-hybridized carbons (Fsp3) is 0.333.